The summed E-state index contributed by atoms with van der Waals surface area (Å²) in [4.78, 5) is 0. The third-order valence-corrected chi connectivity index (χ3v) is 0.724. The maximum atomic E-state index is 8.05. The number of hydrogen-bond donors (Lipinski definition) is 1. The molecule has 0 rings (SSSR count). The lowest BCUT2D eigenvalue weighted by atomic mass is 10.7. The monoisotopic (exact) mass is 170 g/mol. The number of hydrogen-bond acceptors (Lipinski definition) is 1. The number of rotatable bonds is 1. The summed E-state index contributed by atoms with van der Waals surface area (Å²) >= 11 is 8.10. The van der Waals surface area contributed by atoms with Crippen LogP contribution in [0.4, 0.5) is 0 Å². The van der Waals surface area contributed by atoms with Gasteiger partial charge in [0.05, 0.1) is 10.5 Å². The predicted octanol–water partition coefficient (Wildman–Crippen LogP) is 1.45. The van der Waals surface area contributed by atoms with Crippen LogP contribution in [-0.2, 0) is 0 Å². The third-order valence-electron chi connectivity index (χ3n) is 0.246. The van der Waals surface area contributed by atoms with Crippen LogP contribution in [0, 0.1) is 0 Å². The Hall–Kier alpha value is 0.470. The molecule has 0 fully saturated rings. The molecule has 36 valence electrons. The van der Waals surface area contributed by atoms with Crippen LogP contribution in [0.25, 0.3) is 0 Å². The molecule has 1 nitrogen and oxygen atoms in total. The van der Waals surface area contributed by atoms with Crippen LogP contribution >= 0.6 is 27.5 Å². The Kier molecular flexibility index (Phi) is 3.94. The van der Waals surface area contributed by atoms with Crippen molar-refractivity contribution in [3.05, 3.63) is 10.0 Å². The summed E-state index contributed by atoms with van der Waals surface area (Å²) in [7, 11) is 0. The highest BCUT2D eigenvalue weighted by Gasteiger charge is 1.74. The second kappa shape index (κ2) is 3.65. The van der Waals surface area contributed by atoms with Crippen LogP contribution < -0.4 is 0 Å². The van der Waals surface area contributed by atoms with Gasteiger partial charge in [-0.25, -0.2) is 0 Å². The fourth-order valence-corrected chi connectivity index (χ4v) is 0.283. The van der Waals surface area contributed by atoms with Gasteiger partial charge in [0.2, 0.25) is 0 Å². The first-order chi connectivity index (χ1) is 2.77. The topological polar surface area (TPSA) is 20.2 Å². The van der Waals surface area contributed by atoms with Crippen molar-refractivity contribution < 1.29 is 5.11 Å². The average Bonchev–Trinajstić information content (AvgIpc) is 1.35. The molecule has 0 amide bonds. The van der Waals surface area contributed by atoms with Crippen molar-refractivity contribution in [2.75, 3.05) is 6.61 Å². The minimum atomic E-state index is -0.00984. The van der Waals surface area contributed by atoms with Crippen LogP contribution in [-0.4, -0.2) is 11.7 Å². The zero-order valence-corrected chi connectivity index (χ0v) is 5.33. The Bertz CT molecular complexity index is 57.8. The van der Waals surface area contributed by atoms with Crippen LogP contribution in [0.15, 0.2) is 10.0 Å². The van der Waals surface area contributed by atoms with Gasteiger partial charge in [0.25, 0.3) is 0 Å². The fourth-order valence-electron chi connectivity index (χ4n) is 0.0690. The molecular weight excluding hydrogens is 167 g/mol. The summed E-state index contributed by atoms with van der Waals surface area (Å²) in [5.74, 6) is 0. The first kappa shape index (κ1) is 6.47. The normalized spacial score (nSPS) is 12.2. The molecule has 0 radical (unpaired) electrons. The van der Waals surface area contributed by atoms with Gasteiger partial charge in [-0.3, -0.25) is 0 Å². The van der Waals surface area contributed by atoms with E-state index >= 15 is 0 Å². The molecular formula is C3H4BrClO. The van der Waals surface area contributed by atoms with E-state index in [0.29, 0.717) is 3.94 Å². The minimum Gasteiger partial charge on any atom is -0.392 e. The summed E-state index contributed by atoms with van der Waals surface area (Å²) in [6, 6.07) is 0. The third kappa shape index (κ3) is 4.47. The van der Waals surface area contributed by atoms with E-state index in [4.69, 9.17) is 16.7 Å². The smallest absolute Gasteiger partial charge is 0.0816 e. The van der Waals surface area contributed by atoms with Crippen molar-refractivity contribution in [1.29, 1.82) is 0 Å². The van der Waals surface area contributed by atoms with E-state index < -0.39 is 0 Å². The second-order valence-electron chi connectivity index (χ2n) is 0.676. The van der Waals surface area contributed by atoms with E-state index in [9.17, 15) is 0 Å². The lowest BCUT2D eigenvalue weighted by molar-refractivity contribution is 0.343. The molecule has 0 spiro atoms. The van der Waals surface area contributed by atoms with Crippen molar-refractivity contribution in [2.45, 2.75) is 0 Å². The van der Waals surface area contributed by atoms with Crippen molar-refractivity contribution >= 4 is 27.5 Å². The van der Waals surface area contributed by atoms with Crippen molar-refractivity contribution in [3.63, 3.8) is 0 Å². The molecule has 0 aromatic rings. The Morgan fingerprint density at radius 3 is 2.50 bits per heavy atom. The molecule has 0 bridgehead atoms. The van der Waals surface area contributed by atoms with Gasteiger partial charge in [0.1, 0.15) is 0 Å². The Morgan fingerprint density at radius 2 is 2.50 bits per heavy atom. The van der Waals surface area contributed by atoms with Crippen LogP contribution in [0.5, 0.6) is 0 Å². The highest BCUT2D eigenvalue weighted by molar-refractivity contribution is 9.12. The van der Waals surface area contributed by atoms with Gasteiger partial charge in [-0.15, -0.1) is 0 Å². The highest BCUT2D eigenvalue weighted by Crippen LogP contribution is 2.07. The van der Waals surface area contributed by atoms with Crippen LogP contribution in [0.2, 0.25) is 0 Å². The minimum absolute atomic E-state index is 0.00984. The summed E-state index contributed by atoms with van der Waals surface area (Å²) < 4.78 is 0.449. The molecule has 0 atom stereocenters. The summed E-state index contributed by atoms with van der Waals surface area (Å²) in [5.41, 5.74) is 0. The molecule has 0 aliphatic carbocycles. The fraction of sp³-hybridized carbons (Fsp3) is 0.333. The molecule has 0 aliphatic heterocycles. The Labute approximate surface area is 49.7 Å². The first-order valence-electron chi connectivity index (χ1n) is 1.39. The van der Waals surface area contributed by atoms with Gasteiger partial charge < -0.3 is 5.11 Å². The molecule has 0 aromatic heterocycles. The summed E-state index contributed by atoms with van der Waals surface area (Å²) in [6.45, 7) is -0.00984. The van der Waals surface area contributed by atoms with E-state index in [1.807, 2.05) is 0 Å². The molecule has 0 aromatic carbocycles. The van der Waals surface area contributed by atoms with E-state index in [0.717, 1.165) is 0 Å². The molecule has 3 heteroatoms. The van der Waals surface area contributed by atoms with Gasteiger partial charge in [-0.2, -0.15) is 0 Å². The molecule has 0 saturated carbocycles. The average molecular weight is 171 g/mol. The number of aliphatic hydroxyl groups excluding tert-OH is 1. The lowest BCUT2D eigenvalue weighted by Gasteiger charge is -1.74. The molecule has 1 N–H and O–H groups in total. The molecule has 0 unspecified atom stereocenters. The van der Waals surface area contributed by atoms with E-state index in [-0.39, 0.29) is 6.61 Å². The highest BCUT2D eigenvalue weighted by atomic mass is 79.9. The van der Waals surface area contributed by atoms with Gasteiger partial charge in [0.15, 0.2) is 0 Å². The number of halogens is 2. The molecule has 0 aliphatic rings. The quantitative estimate of drug-likeness (QED) is 0.633. The SMILES string of the molecule is OC/C=C(/Cl)Br. The zero-order chi connectivity index (χ0) is 4.99. The van der Waals surface area contributed by atoms with Gasteiger partial charge in [-0.05, 0) is 22.0 Å². The standard InChI is InChI=1S/C3H4BrClO/c4-3(5)1-2-6/h1,6H,2H2/b3-1+. The first-order valence-corrected chi connectivity index (χ1v) is 2.56. The van der Waals surface area contributed by atoms with Crippen LogP contribution in [0.3, 0.4) is 0 Å². The van der Waals surface area contributed by atoms with E-state index in [1.54, 1.807) is 0 Å². The largest absolute Gasteiger partial charge is 0.392 e. The van der Waals surface area contributed by atoms with E-state index in [1.165, 1.54) is 6.08 Å². The van der Waals surface area contributed by atoms with Crippen molar-refractivity contribution in [2.24, 2.45) is 0 Å². The van der Waals surface area contributed by atoms with Crippen molar-refractivity contribution in [3.8, 4) is 0 Å². The maximum Gasteiger partial charge on any atom is 0.0816 e. The zero-order valence-electron chi connectivity index (χ0n) is 2.99. The molecule has 0 heterocycles. The summed E-state index contributed by atoms with van der Waals surface area (Å²) in [6.07, 6.45) is 1.45. The molecule has 6 heavy (non-hydrogen) atoms. The lowest BCUT2D eigenvalue weighted by Crippen LogP contribution is -1.67. The predicted molar refractivity (Wildman–Crippen MR) is 29.9 cm³/mol. The number of aliphatic hydroxyl groups is 1. The van der Waals surface area contributed by atoms with Gasteiger partial charge >= 0.3 is 0 Å². The second-order valence-corrected chi connectivity index (χ2v) is 2.39. The van der Waals surface area contributed by atoms with Gasteiger partial charge in [-0.1, -0.05) is 11.6 Å². The Morgan fingerprint density at radius 1 is 2.00 bits per heavy atom. The van der Waals surface area contributed by atoms with E-state index in [2.05, 4.69) is 15.9 Å². The van der Waals surface area contributed by atoms with Gasteiger partial charge in [0, 0.05) is 0 Å². The molecule has 0 saturated heterocycles. The van der Waals surface area contributed by atoms with Crippen molar-refractivity contribution in [1.82, 2.24) is 0 Å². The Balaban J connectivity index is 3.14. The maximum absolute atomic E-state index is 8.05. The van der Waals surface area contributed by atoms with Crippen LogP contribution in [0.1, 0.15) is 0 Å². The summed E-state index contributed by atoms with van der Waals surface area (Å²) in [5, 5.41) is 8.05.